The van der Waals surface area contributed by atoms with E-state index in [0.717, 1.165) is 6.26 Å². The van der Waals surface area contributed by atoms with Crippen molar-refractivity contribution in [3.8, 4) is 0 Å². The largest absolute Gasteiger partial charge is 0.510 e. The molecule has 0 unspecified atom stereocenters. The number of ether oxygens (including phenoxy) is 1. The molecular formula is C6H11NO2. The lowest BCUT2D eigenvalue weighted by atomic mass is 10.1. The van der Waals surface area contributed by atoms with Gasteiger partial charge in [-0.1, -0.05) is 0 Å². The average Bonchev–Trinajstić information content (AvgIpc) is 2.10. The van der Waals surface area contributed by atoms with Crippen LogP contribution in [0.1, 0.15) is 13.8 Å². The van der Waals surface area contributed by atoms with Crippen LogP contribution in [0.4, 0.5) is 0 Å². The Kier molecular flexibility index (Phi) is 1.27. The summed E-state index contributed by atoms with van der Waals surface area (Å²) in [4.78, 5) is 0. The topological polar surface area (TPSA) is 41.5 Å². The third-order valence-electron chi connectivity index (χ3n) is 1.17. The SMILES string of the molecule is CC1(C)COC(=CO)N1. The number of nitrogens with one attached hydrogen (secondary N) is 1. The third-order valence-corrected chi connectivity index (χ3v) is 1.17. The van der Waals surface area contributed by atoms with Crippen molar-refractivity contribution in [1.82, 2.24) is 5.32 Å². The molecule has 0 atom stereocenters. The van der Waals surface area contributed by atoms with Crippen molar-refractivity contribution in [2.24, 2.45) is 0 Å². The Morgan fingerprint density at radius 3 is 2.67 bits per heavy atom. The van der Waals surface area contributed by atoms with Crippen LogP contribution in [0.2, 0.25) is 0 Å². The van der Waals surface area contributed by atoms with E-state index in [1.54, 1.807) is 0 Å². The Bertz CT molecular complexity index is 140. The fourth-order valence-electron chi connectivity index (χ4n) is 0.733. The first kappa shape index (κ1) is 6.26. The fraction of sp³-hybridized carbons (Fsp3) is 0.667. The summed E-state index contributed by atoms with van der Waals surface area (Å²) in [6, 6.07) is 0. The molecule has 0 aliphatic carbocycles. The Labute approximate surface area is 54.3 Å². The highest BCUT2D eigenvalue weighted by Crippen LogP contribution is 2.14. The zero-order chi connectivity index (χ0) is 6.91. The summed E-state index contributed by atoms with van der Waals surface area (Å²) in [7, 11) is 0. The van der Waals surface area contributed by atoms with Gasteiger partial charge in [0.15, 0.2) is 0 Å². The van der Waals surface area contributed by atoms with E-state index in [-0.39, 0.29) is 5.54 Å². The van der Waals surface area contributed by atoms with Crippen LogP contribution in [-0.4, -0.2) is 17.3 Å². The first-order valence-corrected chi connectivity index (χ1v) is 2.89. The zero-order valence-electron chi connectivity index (χ0n) is 5.64. The number of aliphatic hydroxyl groups is 1. The molecular weight excluding hydrogens is 118 g/mol. The van der Waals surface area contributed by atoms with Gasteiger partial charge in [0.05, 0.1) is 5.54 Å². The van der Waals surface area contributed by atoms with Crippen molar-refractivity contribution < 1.29 is 9.84 Å². The second kappa shape index (κ2) is 1.83. The Morgan fingerprint density at radius 2 is 2.44 bits per heavy atom. The van der Waals surface area contributed by atoms with E-state index in [9.17, 15) is 0 Å². The summed E-state index contributed by atoms with van der Waals surface area (Å²) >= 11 is 0. The van der Waals surface area contributed by atoms with Gasteiger partial charge in [-0.05, 0) is 13.8 Å². The second-order valence-electron chi connectivity index (χ2n) is 2.79. The van der Waals surface area contributed by atoms with Crippen molar-refractivity contribution in [2.75, 3.05) is 6.61 Å². The van der Waals surface area contributed by atoms with Crippen molar-refractivity contribution in [3.63, 3.8) is 0 Å². The molecule has 0 aromatic heterocycles. The molecule has 1 fully saturated rings. The Morgan fingerprint density at radius 1 is 1.78 bits per heavy atom. The fourth-order valence-corrected chi connectivity index (χ4v) is 0.733. The van der Waals surface area contributed by atoms with Crippen LogP contribution in [0.15, 0.2) is 12.1 Å². The van der Waals surface area contributed by atoms with E-state index in [1.165, 1.54) is 0 Å². The van der Waals surface area contributed by atoms with Gasteiger partial charge in [0, 0.05) is 0 Å². The molecule has 1 heterocycles. The van der Waals surface area contributed by atoms with E-state index >= 15 is 0 Å². The number of rotatable bonds is 0. The highest BCUT2D eigenvalue weighted by atomic mass is 16.5. The third kappa shape index (κ3) is 1.28. The standard InChI is InChI=1S/C6H11NO2/c1-6(2)4-9-5(3-8)7-6/h3,7-8H,4H2,1-2H3. The lowest BCUT2D eigenvalue weighted by Gasteiger charge is -2.12. The summed E-state index contributed by atoms with van der Waals surface area (Å²) < 4.78 is 5.02. The molecule has 9 heavy (non-hydrogen) atoms. The Hall–Kier alpha value is -0.860. The first-order chi connectivity index (χ1) is 4.14. The summed E-state index contributed by atoms with van der Waals surface area (Å²) in [5.41, 5.74) is -0.0332. The van der Waals surface area contributed by atoms with Gasteiger partial charge in [-0.25, -0.2) is 0 Å². The van der Waals surface area contributed by atoms with E-state index in [1.807, 2.05) is 13.8 Å². The molecule has 1 saturated heterocycles. The van der Waals surface area contributed by atoms with Gasteiger partial charge in [-0.3, -0.25) is 0 Å². The van der Waals surface area contributed by atoms with Crippen LogP contribution in [0, 0.1) is 0 Å². The predicted octanol–water partition coefficient (Wildman–Crippen LogP) is 0.742. The molecule has 0 amide bonds. The van der Waals surface area contributed by atoms with Crippen LogP contribution < -0.4 is 5.32 Å². The zero-order valence-corrected chi connectivity index (χ0v) is 5.64. The molecule has 52 valence electrons. The van der Waals surface area contributed by atoms with Crippen molar-refractivity contribution >= 4 is 0 Å². The van der Waals surface area contributed by atoms with Gasteiger partial charge >= 0.3 is 0 Å². The van der Waals surface area contributed by atoms with Gasteiger partial charge in [-0.2, -0.15) is 0 Å². The van der Waals surface area contributed by atoms with E-state index < -0.39 is 0 Å². The summed E-state index contributed by atoms with van der Waals surface area (Å²) in [6.07, 6.45) is 0.939. The van der Waals surface area contributed by atoms with E-state index in [4.69, 9.17) is 9.84 Å². The molecule has 0 bridgehead atoms. The van der Waals surface area contributed by atoms with Crippen LogP contribution >= 0.6 is 0 Å². The maximum Gasteiger partial charge on any atom is 0.222 e. The van der Waals surface area contributed by atoms with Crippen LogP contribution in [-0.2, 0) is 4.74 Å². The minimum absolute atomic E-state index is 0.0332. The highest BCUT2D eigenvalue weighted by molar-refractivity contribution is 4.98. The number of hydrogen-bond acceptors (Lipinski definition) is 3. The van der Waals surface area contributed by atoms with Gasteiger partial charge in [-0.15, -0.1) is 0 Å². The molecule has 0 saturated carbocycles. The van der Waals surface area contributed by atoms with E-state index in [0.29, 0.717) is 12.5 Å². The lowest BCUT2D eigenvalue weighted by molar-refractivity contribution is 0.226. The predicted molar refractivity (Wildman–Crippen MR) is 33.9 cm³/mol. The molecule has 1 rings (SSSR count). The summed E-state index contributed by atoms with van der Waals surface area (Å²) in [6.45, 7) is 4.62. The summed E-state index contributed by atoms with van der Waals surface area (Å²) in [5.74, 6) is 0.458. The molecule has 3 heteroatoms. The highest BCUT2D eigenvalue weighted by Gasteiger charge is 2.26. The Balaban J connectivity index is 2.57. The first-order valence-electron chi connectivity index (χ1n) is 2.89. The molecule has 1 aliphatic heterocycles. The van der Waals surface area contributed by atoms with Gasteiger partial charge in [0.25, 0.3) is 0 Å². The van der Waals surface area contributed by atoms with Gasteiger partial charge < -0.3 is 15.2 Å². The van der Waals surface area contributed by atoms with Crippen molar-refractivity contribution in [3.05, 3.63) is 12.1 Å². The van der Waals surface area contributed by atoms with Crippen LogP contribution in [0.5, 0.6) is 0 Å². The maximum absolute atomic E-state index is 8.45. The lowest BCUT2D eigenvalue weighted by Crippen LogP contribution is -2.33. The monoisotopic (exact) mass is 129 g/mol. The maximum atomic E-state index is 8.45. The number of hydrogen-bond donors (Lipinski definition) is 2. The molecule has 0 aromatic rings. The average molecular weight is 129 g/mol. The molecule has 2 N–H and O–H groups in total. The number of aliphatic hydroxyl groups excluding tert-OH is 1. The summed E-state index contributed by atoms with van der Waals surface area (Å²) in [5, 5.41) is 11.4. The molecule has 0 spiro atoms. The minimum Gasteiger partial charge on any atom is -0.510 e. The second-order valence-corrected chi connectivity index (χ2v) is 2.79. The minimum atomic E-state index is -0.0332. The van der Waals surface area contributed by atoms with Crippen LogP contribution in [0.3, 0.4) is 0 Å². The van der Waals surface area contributed by atoms with Crippen molar-refractivity contribution in [1.29, 1.82) is 0 Å². The van der Waals surface area contributed by atoms with Gasteiger partial charge in [0.1, 0.15) is 12.9 Å². The molecule has 0 aromatic carbocycles. The van der Waals surface area contributed by atoms with Crippen molar-refractivity contribution in [2.45, 2.75) is 19.4 Å². The van der Waals surface area contributed by atoms with E-state index in [2.05, 4.69) is 5.32 Å². The molecule has 0 radical (unpaired) electrons. The molecule has 1 aliphatic rings. The quantitative estimate of drug-likeness (QED) is 0.474. The van der Waals surface area contributed by atoms with Gasteiger partial charge in [0.2, 0.25) is 5.88 Å². The smallest absolute Gasteiger partial charge is 0.222 e. The van der Waals surface area contributed by atoms with Crippen LogP contribution in [0.25, 0.3) is 0 Å². The normalized spacial score (nSPS) is 27.6. The molecule has 3 nitrogen and oxygen atoms in total.